The molecule has 0 fully saturated rings. The Balaban J connectivity index is 2.34. The van der Waals surface area contributed by atoms with E-state index in [0.717, 1.165) is 9.13 Å². The molecular weight excluding hydrogens is 411 g/mol. The molecule has 1 unspecified atom stereocenters. The second kappa shape index (κ2) is 7.07. The second-order valence-electron chi connectivity index (χ2n) is 4.42. The number of nitrogens with one attached hydrogen (secondary N) is 1. The normalized spacial score (nSPS) is 12.4. The van der Waals surface area contributed by atoms with Gasteiger partial charge in [0.05, 0.1) is 5.02 Å². The summed E-state index contributed by atoms with van der Waals surface area (Å²) >= 11 is 14.1. The van der Waals surface area contributed by atoms with Crippen LogP contribution in [-0.2, 0) is 6.42 Å². The molecule has 2 rings (SSSR count). The predicted octanol–water partition coefficient (Wildman–Crippen LogP) is 5.24. The highest BCUT2D eigenvalue weighted by Gasteiger charge is 2.16. The van der Waals surface area contributed by atoms with E-state index in [2.05, 4.69) is 27.9 Å². The summed E-state index contributed by atoms with van der Waals surface area (Å²) in [5, 5.41) is 4.03. The van der Waals surface area contributed by atoms with Gasteiger partial charge in [0.2, 0.25) is 0 Å². The maximum atomic E-state index is 14.0. The average molecular weight is 424 g/mol. The minimum atomic E-state index is -0.355. The lowest BCUT2D eigenvalue weighted by molar-refractivity contribution is 0.553. The van der Waals surface area contributed by atoms with Crippen LogP contribution in [0.3, 0.4) is 0 Å². The van der Waals surface area contributed by atoms with E-state index < -0.39 is 0 Å². The summed E-state index contributed by atoms with van der Waals surface area (Å²) in [6.07, 6.45) is 0.513. The zero-order chi connectivity index (χ0) is 14.7. The molecule has 0 aliphatic rings. The Bertz CT molecular complexity index is 619. The van der Waals surface area contributed by atoms with Crippen LogP contribution in [0.25, 0.3) is 0 Å². The summed E-state index contributed by atoms with van der Waals surface area (Å²) in [5.41, 5.74) is 1.65. The Kier molecular flexibility index (Phi) is 5.66. The molecule has 0 radical (unpaired) electrons. The van der Waals surface area contributed by atoms with Crippen LogP contribution in [0.15, 0.2) is 36.4 Å². The lowest BCUT2D eigenvalue weighted by Gasteiger charge is -2.19. The molecule has 20 heavy (non-hydrogen) atoms. The molecule has 0 saturated carbocycles. The Labute approximate surface area is 141 Å². The van der Waals surface area contributed by atoms with Gasteiger partial charge in [0.25, 0.3) is 0 Å². The molecule has 0 bridgehead atoms. The van der Waals surface area contributed by atoms with E-state index >= 15 is 0 Å². The average Bonchev–Trinajstić information content (AvgIpc) is 2.43. The minimum Gasteiger partial charge on any atom is -0.313 e. The number of hydrogen-bond acceptors (Lipinski definition) is 1. The molecule has 0 aliphatic heterocycles. The van der Waals surface area contributed by atoms with E-state index in [4.69, 9.17) is 23.2 Å². The molecule has 0 heterocycles. The van der Waals surface area contributed by atoms with Crippen LogP contribution < -0.4 is 5.32 Å². The van der Waals surface area contributed by atoms with Gasteiger partial charge >= 0.3 is 0 Å². The molecule has 0 saturated heterocycles. The molecule has 0 aromatic heterocycles. The van der Waals surface area contributed by atoms with Crippen molar-refractivity contribution >= 4 is 45.8 Å². The van der Waals surface area contributed by atoms with Crippen LogP contribution in [0.2, 0.25) is 10.0 Å². The fraction of sp³-hybridized carbons (Fsp3) is 0.200. The van der Waals surface area contributed by atoms with Crippen molar-refractivity contribution in [2.75, 3.05) is 7.05 Å². The van der Waals surface area contributed by atoms with Gasteiger partial charge in [0.15, 0.2) is 0 Å². The van der Waals surface area contributed by atoms with Gasteiger partial charge in [-0.2, -0.15) is 0 Å². The zero-order valence-electron chi connectivity index (χ0n) is 10.8. The van der Waals surface area contributed by atoms with Crippen molar-refractivity contribution in [2.24, 2.45) is 0 Å². The highest BCUT2D eigenvalue weighted by molar-refractivity contribution is 14.1. The molecular formula is C15H13Cl2FIN. The monoisotopic (exact) mass is 423 g/mol. The lowest BCUT2D eigenvalue weighted by Crippen LogP contribution is -2.20. The van der Waals surface area contributed by atoms with E-state index in [1.165, 1.54) is 0 Å². The first-order valence-electron chi connectivity index (χ1n) is 6.08. The summed E-state index contributed by atoms with van der Waals surface area (Å²) in [5.74, 6) is -0.355. The molecule has 2 aromatic rings. The Morgan fingerprint density at radius 2 is 2.00 bits per heavy atom. The molecule has 0 aliphatic carbocycles. The molecule has 1 atom stereocenters. The van der Waals surface area contributed by atoms with Gasteiger partial charge in [-0.1, -0.05) is 35.3 Å². The Morgan fingerprint density at radius 3 is 2.70 bits per heavy atom. The van der Waals surface area contributed by atoms with Gasteiger partial charge in [0.1, 0.15) is 5.82 Å². The van der Waals surface area contributed by atoms with E-state index in [0.29, 0.717) is 17.0 Å². The number of hydrogen-bond donors (Lipinski definition) is 1. The van der Waals surface area contributed by atoms with E-state index in [-0.39, 0.29) is 16.9 Å². The number of likely N-dealkylation sites (N-methyl/N-ethyl adjacent to an activating group) is 1. The smallest absolute Gasteiger partial charge is 0.145 e. The highest BCUT2D eigenvalue weighted by atomic mass is 127. The summed E-state index contributed by atoms with van der Waals surface area (Å²) in [6, 6.07) is 10.8. The zero-order valence-corrected chi connectivity index (χ0v) is 14.4. The summed E-state index contributed by atoms with van der Waals surface area (Å²) in [6.45, 7) is 0. The fourth-order valence-corrected chi connectivity index (χ4v) is 3.16. The molecule has 1 N–H and O–H groups in total. The van der Waals surface area contributed by atoms with Gasteiger partial charge in [-0.25, -0.2) is 4.39 Å². The van der Waals surface area contributed by atoms with Gasteiger partial charge in [-0.05, 0) is 71.5 Å². The summed E-state index contributed by atoms with van der Waals surface area (Å²) < 4.78 is 15.1. The van der Waals surface area contributed by atoms with Crippen molar-refractivity contribution in [3.05, 3.63) is 67.0 Å². The maximum Gasteiger partial charge on any atom is 0.145 e. The fourth-order valence-electron chi connectivity index (χ4n) is 2.08. The van der Waals surface area contributed by atoms with Crippen LogP contribution in [0.1, 0.15) is 17.2 Å². The van der Waals surface area contributed by atoms with Crippen molar-refractivity contribution in [3.63, 3.8) is 0 Å². The second-order valence-corrected chi connectivity index (χ2v) is 6.43. The van der Waals surface area contributed by atoms with Crippen LogP contribution in [0.4, 0.5) is 4.39 Å². The largest absolute Gasteiger partial charge is 0.313 e. The lowest BCUT2D eigenvalue weighted by atomic mass is 9.98. The number of halogens is 4. The topological polar surface area (TPSA) is 12.0 Å². The Hall–Kier alpha value is -0.360. The standard InChI is InChI=1S/C15H13Cl2FIN/c1-20-14(11-8-10(16)5-6-13(11)19)7-9-3-2-4-12(17)15(9)18/h2-6,8,14,20H,7H2,1H3. The van der Waals surface area contributed by atoms with Crippen LogP contribution >= 0.6 is 45.8 Å². The van der Waals surface area contributed by atoms with Crippen LogP contribution in [0.5, 0.6) is 0 Å². The van der Waals surface area contributed by atoms with Crippen molar-refractivity contribution in [3.8, 4) is 0 Å². The molecule has 0 amide bonds. The van der Waals surface area contributed by atoms with E-state index in [1.807, 2.05) is 25.2 Å². The van der Waals surface area contributed by atoms with Crippen LogP contribution in [-0.4, -0.2) is 7.05 Å². The first-order chi connectivity index (χ1) is 9.52. The first kappa shape index (κ1) is 16.0. The SMILES string of the molecule is CNC(Cc1cccc(Cl)c1F)c1cc(Cl)ccc1I. The minimum absolute atomic E-state index is 0.0198. The van der Waals surface area contributed by atoms with Gasteiger partial charge in [-0.15, -0.1) is 0 Å². The first-order valence-corrected chi connectivity index (χ1v) is 7.91. The van der Waals surface area contributed by atoms with Gasteiger partial charge in [0, 0.05) is 14.6 Å². The third-order valence-electron chi connectivity index (χ3n) is 3.14. The third kappa shape index (κ3) is 3.64. The van der Waals surface area contributed by atoms with Gasteiger partial charge in [-0.3, -0.25) is 0 Å². The quantitative estimate of drug-likeness (QED) is 0.663. The molecule has 1 nitrogen and oxygen atoms in total. The third-order valence-corrected chi connectivity index (χ3v) is 4.65. The number of benzene rings is 2. The molecule has 106 valence electrons. The predicted molar refractivity (Wildman–Crippen MR) is 91.1 cm³/mol. The maximum absolute atomic E-state index is 14.0. The van der Waals surface area contributed by atoms with Crippen molar-refractivity contribution in [2.45, 2.75) is 12.5 Å². The van der Waals surface area contributed by atoms with Crippen molar-refractivity contribution in [1.29, 1.82) is 0 Å². The summed E-state index contributed by atoms with van der Waals surface area (Å²) in [4.78, 5) is 0. The molecule has 5 heteroatoms. The van der Waals surface area contributed by atoms with Crippen molar-refractivity contribution in [1.82, 2.24) is 5.32 Å². The van der Waals surface area contributed by atoms with Gasteiger partial charge < -0.3 is 5.32 Å². The van der Waals surface area contributed by atoms with E-state index in [1.54, 1.807) is 18.2 Å². The van der Waals surface area contributed by atoms with Crippen LogP contribution in [0, 0.1) is 9.39 Å². The van der Waals surface area contributed by atoms with Crippen molar-refractivity contribution < 1.29 is 4.39 Å². The highest BCUT2D eigenvalue weighted by Crippen LogP contribution is 2.28. The number of rotatable bonds is 4. The molecule has 0 spiro atoms. The van der Waals surface area contributed by atoms with E-state index in [9.17, 15) is 4.39 Å². The molecule has 2 aromatic carbocycles. The summed E-state index contributed by atoms with van der Waals surface area (Å²) in [7, 11) is 1.85. The Morgan fingerprint density at radius 1 is 1.25 bits per heavy atom.